The fourth-order valence-electron chi connectivity index (χ4n) is 3.05. The summed E-state index contributed by atoms with van der Waals surface area (Å²) in [6.07, 6.45) is 3.95. The molecule has 2 aromatic rings. The number of hydrogen-bond acceptors (Lipinski definition) is 2. The Morgan fingerprint density at radius 3 is 1.88 bits per heavy atom. The quantitative estimate of drug-likeness (QED) is 0.844. The van der Waals surface area contributed by atoms with Gasteiger partial charge in [0.1, 0.15) is 0 Å². The van der Waals surface area contributed by atoms with Crippen LogP contribution in [0.4, 0.5) is 0 Å². The van der Waals surface area contributed by atoms with Crippen LogP contribution in [0, 0.1) is 5.41 Å². The molecule has 5 nitrogen and oxygen atoms in total. The van der Waals surface area contributed by atoms with Gasteiger partial charge in [-0.05, 0) is 36.4 Å². The van der Waals surface area contributed by atoms with Crippen LogP contribution in [0.15, 0.2) is 48.8 Å². The molecule has 132 valence electrons. The Morgan fingerprint density at radius 1 is 0.840 bits per heavy atom. The summed E-state index contributed by atoms with van der Waals surface area (Å²) < 4.78 is 2.01. The third-order valence-electron chi connectivity index (χ3n) is 4.51. The van der Waals surface area contributed by atoms with E-state index in [1.165, 1.54) is 0 Å². The number of carbonyl (C=O) groups excluding carboxylic acids is 2. The molecular weight excluding hydrogens is 314 g/mol. The molecule has 1 aromatic carbocycles. The summed E-state index contributed by atoms with van der Waals surface area (Å²) in [4.78, 5) is 28.7. The zero-order valence-corrected chi connectivity index (χ0v) is 15.1. The van der Waals surface area contributed by atoms with Crippen molar-refractivity contribution in [2.75, 3.05) is 26.2 Å². The van der Waals surface area contributed by atoms with Gasteiger partial charge >= 0.3 is 0 Å². The zero-order chi connectivity index (χ0) is 18.0. The molecule has 25 heavy (non-hydrogen) atoms. The van der Waals surface area contributed by atoms with Crippen molar-refractivity contribution >= 4 is 11.8 Å². The SMILES string of the molecule is CC(C)(C)C(=O)N1CCN(C(=O)c2ccc(-n3cccc3)cc2)CC1. The number of aromatic nitrogens is 1. The molecule has 1 aromatic heterocycles. The first-order chi connectivity index (χ1) is 11.9. The van der Waals surface area contributed by atoms with Gasteiger partial charge in [-0.1, -0.05) is 20.8 Å². The lowest BCUT2D eigenvalue weighted by Crippen LogP contribution is -2.53. The Balaban J connectivity index is 1.62. The first-order valence-electron chi connectivity index (χ1n) is 8.68. The number of carbonyl (C=O) groups is 2. The van der Waals surface area contributed by atoms with Crippen molar-refractivity contribution in [3.63, 3.8) is 0 Å². The summed E-state index contributed by atoms with van der Waals surface area (Å²) >= 11 is 0. The predicted octanol–water partition coefficient (Wildman–Crippen LogP) is 2.81. The maximum atomic E-state index is 12.7. The number of piperazine rings is 1. The molecule has 0 aliphatic carbocycles. The summed E-state index contributed by atoms with van der Waals surface area (Å²) in [6, 6.07) is 11.6. The number of benzene rings is 1. The van der Waals surface area contributed by atoms with Crippen LogP contribution in [0.2, 0.25) is 0 Å². The molecule has 1 fully saturated rings. The largest absolute Gasteiger partial charge is 0.339 e. The maximum absolute atomic E-state index is 12.7. The second-order valence-electron chi connectivity index (χ2n) is 7.47. The highest BCUT2D eigenvalue weighted by atomic mass is 16.2. The number of amides is 2. The smallest absolute Gasteiger partial charge is 0.253 e. The van der Waals surface area contributed by atoms with Crippen LogP contribution in [0.5, 0.6) is 0 Å². The van der Waals surface area contributed by atoms with Gasteiger partial charge in [-0.2, -0.15) is 0 Å². The van der Waals surface area contributed by atoms with Crippen molar-refractivity contribution < 1.29 is 9.59 Å². The van der Waals surface area contributed by atoms with Gasteiger partial charge in [0.25, 0.3) is 5.91 Å². The lowest BCUT2D eigenvalue weighted by atomic mass is 9.94. The van der Waals surface area contributed by atoms with E-state index in [4.69, 9.17) is 0 Å². The van der Waals surface area contributed by atoms with Crippen molar-refractivity contribution in [3.05, 3.63) is 54.4 Å². The zero-order valence-electron chi connectivity index (χ0n) is 15.1. The van der Waals surface area contributed by atoms with E-state index >= 15 is 0 Å². The average Bonchev–Trinajstić information content (AvgIpc) is 3.14. The molecule has 0 bridgehead atoms. The van der Waals surface area contributed by atoms with Crippen molar-refractivity contribution in [2.24, 2.45) is 5.41 Å². The molecule has 0 unspecified atom stereocenters. The Kier molecular flexibility index (Phi) is 4.66. The van der Waals surface area contributed by atoms with E-state index in [1.807, 2.05) is 83.9 Å². The van der Waals surface area contributed by atoms with Gasteiger partial charge in [-0.25, -0.2) is 0 Å². The van der Waals surface area contributed by atoms with Crippen LogP contribution in [0.1, 0.15) is 31.1 Å². The van der Waals surface area contributed by atoms with Gasteiger partial charge in [-0.3, -0.25) is 9.59 Å². The highest BCUT2D eigenvalue weighted by Gasteiger charge is 2.31. The number of rotatable bonds is 2. The van der Waals surface area contributed by atoms with Gasteiger partial charge in [0.15, 0.2) is 0 Å². The third kappa shape index (κ3) is 3.76. The van der Waals surface area contributed by atoms with Crippen molar-refractivity contribution in [2.45, 2.75) is 20.8 Å². The average molecular weight is 339 g/mol. The second-order valence-corrected chi connectivity index (χ2v) is 7.47. The molecule has 2 amide bonds. The minimum atomic E-state index is -0.375. The maximum Gasteiger partial charge on any atom is 0.253 e. The van der Waals surface area contributed by atoms with E-state index in [9.17, 15) is 9.59 Å². The standard InChI is InChI=1S/C20H25N3O2/c1-20(2,3)19(25)23-14-12-22(13-15-23)18(24)16-6-8-17(9-7-16)21-10-4-5-11-21/h4-11H,12-15H2,1-3H3. The second kappa shape index (κ2) is 6.75. The molecule has 1 aliphatic rings. The molecule has 1 saturated heterocycles. The first kappa shape index (κ1) is 17.3. The molecule has 0 atom stereocenters. The summed E-state index contributed by atoms with van der Waals surface area (Å²) in [5, 5.41) is 0. The summed E-state index contributed by atoms with van der Waals surface area (Å²) in [6.45, 7) is 8.16. The highest BCUT2D eigenvalue weighted by molar-refractivity contribution is 5.94. The summed E-state index contributed by atoms with van der Waals surface area (Å²) in [5.74, 6) is 0.178. The molecule has 1 aliphatic heterocycles. The molecule has 2 heterocycles. The molecule has 0 saturated carbocycles. The molecule has 0 N–H and O–H groups in total. The molecule has 5 heteroatoms. The van der Waals surface area contributed by atoms with Crippen molar-refractivity contribution in [1.82, 2.24) is 14.4 Å². The topological polar surface area (TPSA) is 45.6 Å². The lowest BCUT2D eigenvalue weighted by Gasteiger charge is -2.37. The highest BCUT2D eigenvalue weighted by Crippen LogP contribution is 2.19. The van der Waals surface area contributed by atoms with E-state index < -0.39 is 0 Å². The van der Waals surface area contributed by atoms with E-state index in [-0.39, 0.29) is 17.2 Å². The van der Waals surface area contributed by atoms with Gasteiger partial charge < -0.3 is 14.4 Å². The van der Waals surface area contributed by atoms with Gasteiger partial charge in [0, 0.05) is 55.2 Å². The predicted molar refractivity (Wildman–Crippen MR) is 97.7 cm³/mol. The molecular formula is C20H25N3O2. The fraction of sp³-hybridized carbons (Fsp3) is 0.400. The van der Waals surface area contributed by atoms with Crippen LogP contribution in [-0.4, -0.2) is 52.4 Å². The molecule has 0 spiro atoms. The molecule has 0 radical (unpaired) electrons. The van der Waals surface area contributed by atoms with Crippen LogP contribution in [-0.2, 0) is 4.79 Å². The van der Waals surface area contributed by atoms with Crippen LogP contribution >= 0.6 is 0 Å². The Morgan fingerprint density at radius 2 is 1.36 bits per heavy atom. The Hall–Kier alpha value is -2.56. The monoisotopic (exact) mass is 339 g/mol. The Bertz CT molecular complexity index is 734. The van der Waals surface area contributed by atoms with Gasteiger partial charge in [-0.15, -0.1) is 0 Å². The minimum absolute atomic E-state index is 0.0295. The van der Waals surface area contributed by atoms with E-state index in [1.54, 1.807) is 0 Å². The first-order valence-corrected chi connectivity index (χ1v) is 8.68. The fourth-order valence-corrected chi connectivity index (χ4v) is 3.05. The van der Waals surface area contributed by atoms with Crippen LogP contribution < -0.4 is 0 Å². The van der Waals surface area contributed by atoms with E-state index in [0.717, 1.165) is 5.69 Å². The van der Waals surface area contributed by atoms with Crippen LogP contribution in [0.3, 0.4) is 0 Å². The normalized spacial score (nSPS) is 15.3. The summed E-state index contributed by atoms with van der Waals surface area (Å²) in [7, 11) is 0. The summed E-state index contributed by atoms with van der Waals surface area (Å²) in [5.41, 5.74) is 1.34. The Labute approximate surface area is 148 Å². The number of hydrogen-bond donors (Lipinski definition) is 0. The minimum Gasteiger partial charge on any atom is -0.339 e. The van der Waals surface area contributed by atoms with E-state index in [2.05, 4.69) is 0 Å². The number of nitrogens with zero attached hydrogens (tertiary/aromatic N) is 3. The lowest BCUT2D eigenvalue weighted by molar-refractivity contribution is -0.140. The molecule has 3 rings (SSSR count). The van der Waals surface area contributed by atoms with Crippen molar-refractivity contribution in [3.8, 4) is 5.69 Å². The van der Waals surface area contributed by atoms with E-state index in [0.29, 0.717) is 31.7 Å². The van der Waals surface area contributed by atoms with Gasteiger partial charge in [0.2, 0.25) is 5.91 Å². The van der Waals surface area contributed by atoms with Crippen molar-refractivity contribution in [1.29, 1.82) is 0 Å². The van der Waals surface area contributed by atoms with Crippen LogP contribution in [0.25, 0.3) is 5.69 Å². The van der Waals surface area contributed by atoms with Gasteiger partial charge in [0.05, 0.1) is 0 Å². The third-order valence-corrected chi connectivity index (χ3v) is 4.51.